The third-order valence-electron chi connectivity index (χ3n) is 3.26. The van der Waals surface area contributed by atoms with E-state index in [-0.39, 0.29) is 5.91 Å². The largest absolute Gasteiger partial charge is 0.356 e. The molecule has 0 aliphatic carbocycles. The van der Waals surface area contributed by atoms with Crippen molar-refractivity contribution in [1.82, 2.24) is 29.9 Å². The van der Waals surface area contributed by atoms with Crippen molar-refractivity contribution in [2.75, 3.05) is 18.4 Å². The van der Waals surface area contributed by atoms with Crippen LogP contribution < -0.4 is 10.6 Å². The van der Waals surface area contributed by atoms with E-state index in [1.807, 2.05) is 28.8 Å². The van der Waals surface area contributed by atoms with Crippen LogP contribution in [0.4, 0.5) is 5.95 Å². The lowest BCUT2D eigenvalue weighted by molar-refractivity contribution is -0.120. The average Bonchev–Trinajstić information content (AvgIpc) is 2.99. The van der Waals surface area contributed by atoms with Crippen molar-refractivity contribution in [3.05, 3.63) is 48.7 Å². The van der Waals surface area contributed by atoms with Gasteiger partial charge in [-0.3, -0.25) is 9.20 Å². The molecule has 0 aromatic carbocycles. The molecule has 0 saturated heterocycles. The van der Waals surface area contributed by atoms with Gasteiger partial charge in [0, 0.05) is 44.5 Å². The van der Waals surface area contributed by atoms with E-state index >= 15 is 0 Å². The van der Waals surface area contributed by atoms with Gasteiger partial charge in [-0.1, -0.05) is 6.07 Å². The van der Waals surface area contributed by atoms with Gasteiger partial charge < -0.3 is 10.6 Å². The molecule has 0 atom stereocenters. The molecule has 3 rings (SSSR count). The van der Waals surface area contributed by atoms with Gasteiger partial charge in [-0.15, -0.1) is 10.2 Å². The summed E-state index contributed by atoms with van der Waals surface area (Å²) in [6.07, 6.45) is 6.21. The smallest absolute Gasteiger partial charge is 0.222 e. The third-order valence-corrected chi connectivity index (χ3v) is 3.26. The zero-order valence-electron chi connectivity index (χ0n) is 12.5. The van der Waals surface area contributed by atoms with Crippen molar-refractivity contribution >= 4 is 17.5 Å². The maximum atomic E-state index is 11.8. The molecule has 0 bridgehead atoms. The predicted molar refractivity (Wildman–Crippen MR) is 84.8 cm³/mol. The van der Waals surface area contributed by atoms with Crippen LogP contribution in [0.15, 0.2) is 42.9 Å². The molecule has 8 nitrogen and oxygen atoms in total. The number of nitrogens with one attached hydrogen (secondary N) is 2. The Morgan fingerprint density at radius 2 is 1.96 bits per heavy atom. The predicted octanol–water partition coefficient (Wildman–Crippen LogP) is 0.680. The molecule has 118 valence electrons. The first-order chi connectivity index (χ1) is 11.3. The van der Waals surface area contributed by atoms with Crippen molar-refractivity contribution in [3.63, 3.8) is 0 Å². The minimum absolute atomic E-state index is 0.0257. The third kappa shape index (κ3) is 4.00. The van der Waals surface area contributed by atoms with Crippen LogP contribution in [0.5, 0.6) is 0 Å². The van der Waals surface area contributed by atoms with Gasteiger partial charge in [0.1, 0.15) is 5.82 Å². The summed E-state index contributed by atoms with van der Waals surface area (Å²) >= 11 is 0. The van der Waals surface area contributed by atoms with Gasteiger partial charge in [0.25, 0.3) is 0 Å². The Kier molecular flexibility index (Phi) is 4.72. The standard InChI is InChI=1S/C15H17N7O/c23-14(6-10-19-15-17-7-3-8-18-15)16-9-5-13-21-20-12-4-1-2-11-22(12)13/h1-4,7-8,11H,5-6,9-10H2,(H,16,23)(H,17,18,19). The normalized spacial score (nSPS) is 10.6. The number of pyridine rings is 1. The van der Waals surface area contributed by atoms with E-state index in [0.717, 1.165) is 11.5 Å². The molecule has 0 saturated carbocycles. The van der Waals surface area contributed by atoms with Crippen LogP contribution >= 0.6 is 0 Å². The number of carbonyl (C=O) groups is 1. The monoisotopic (exact) mass is 311 g/mol. The number of nitrogens with zero attached hydrogens (tertiary/aromatic N) is 5. The van der Waals surface area contributed by atoms with E-state index < -0.39 is 0 Å². The highest BCUT2D eigenvalue weighted by molar-refractivity contribution is 5.76. The maximum absolute atomic E-state index is 11.8. The van der Waals surface area contributed by atoms with Crippen LogP contribution in [-0.2, 0) is 11.2 Å². The van der Waals surface area contributed by atoms with Crippen molar-refractivity contribution in [2.24, 2.45) is 0 Å². The van der Waals surface area contributed by atoms with E-state index in [1.54, 1.807) is 18.5 Å². The maximum Gasteiger partial charge on any atom is 0.222 e. The fourth-order valence-electron chi connectivity index (χ4n) is 2.14. The first-order valence-electron chi connectivity index (χ1n) is 7.39. The van der Waals surface area contributed by atoms with Crippen molar-refractivity contribution in [1.29, 1.82) is 0 Å². The lowest BCUT2D eigenvalue weighted by Crippen LogP contribution is -2.27. The molecule has 3 aromatic heterocycles. The second-order valence-corrected chi connectivity index (χ2v) is 4.89. The summed E-state index contributed by atoms with van der Waals surface area (Å²) in [6, 6.07) is 7.48. The Labute approximate surface area is 133 Å². The summed E-state index contributed by atoms with van der Waals surface area (Å²) in [6.45, 7) is 1.01. The lowest BCUT2D eigenvalue weighted by Gasteiger charge is -2.06. The number of hydrogen-bond acceptors (Lipinski definition) is 6. The summed E-state index contributed by atoms with van der Waals surface area (Å²) in [5, 5.41) is 14.1. The number of aromatic nitrogens is 5. The number of hydrogen-bond donors (Lipinski definition) is 2. The van der Waals surface area contributed by atoms with Crippen LogP contribution in [0.2, 0.25) is 0 Å². The molecule has 0 fully saturated rings. The zero-order valence-corrected chi connectivity index (χ0v) is 12.5. The Morgan fingerprint density at radius 1 is 1.09 bits per heavy atom. The molecule has 8 heteroatoms. The van der Waals surface area contributed by atoms with Crippen LogP contribution in [0.1, 0.15) is 12.2 Å². The van der Waals surface area contributed by atoms with Gasteiger partial charge in [-0.2, -0.15) is 0 Å². The molecule has 0 unspecified atom stereocenters. The summed E-state index contributed by atoms with van der Waals surface area (Å²) in [5.41, 5.74) is 0.806. The Hall–Kier alpha value is -3.03. The van der Waals surface area contributed by atoms with Crippen molar-refractivity contribution in [3.8, 4) is 0 Å². The molecule has 3 heterocycles. The summed E-state index contributed by atoms with van der Waals surface area (Å²) < 4.78 is 1.92. The Bertz CT molecular complexity index is 772. The van der Waals surface area contributed by atoms with Crippen LogP contribution in [0.25, 0.3) is 5.65 Å². The molecular weight excluding hydrogens is 294 g/mol. The number of anilines is 1. The minimum Gasteiger partial charge on any atom is -0.356 e. The summed E-state index contributed by atoms with van der Waals surface area (Å²) in [5.74, 6) is 1.33. The first-order valence-corrected chi connectivity index (χ1v) is 7.39. The fourth-order valence-corrected chi connectivity index (χ4v) is 2.14. The van der Waals surface area contributed by atoms with Gasteiger partial charge in [-0.05, 0) is 18.2 Å². The molecule has 0 spiro atoms. The van der Waals surface area contributed by atoms with Gasteiger partial charge in [0.15, 0.2) is 5.65 Å². The SMILES string of the molecule is O=C(CCNc1ncccn1)NCCc1nnc2ccccn12. The molecular formula is C15H17N7O. The number of carbonyl (C=O) groups excluding carboxylic acids is 1. The second kappa shape index (κ2) is 7.30. The van der Waals surface area contributed by atoms with Gasteiger partial charge in [-0.25, -0.2) is 9.97 Å². The summed E-state index contributed by atoms with van der Waals surface area (Å²) in [7, 11) is 0. The minimum atomic E-state index is -0.0257. The average molecular weight is 311 g/mol. The van der Waals surface area contributed by atoms with Crippen LogP contribution in [-0.4, -0.2) is 43.6 Å². The van der Waals surface area contributed by atoms with E-state index in [1.165, 1.54) is 0 Å². The van der Waals surface area contributed by atoms with E-state index in [9.17, 15) is 4.79 Å². The first kappa shape index (κ1) is 14.9. The summed E-state index contributed by atoms with van der Waals surface area (Å²) in [4.78, 5) is 19.8. The van der Waals surface area contributed by atoms with Crippen LogP contribution in [0.3, 0.4) is 0 Å². The molecule has 3 aromatic rings. The Morgan fingerprint density at radius 3 is 2.83 bits per heavy atom. The number of amides is 1. The quantitative estimate of drug-likeness (QED) is 0.666. The zero-order chi connectivity index (χ0) is 15.9. The van der Waals surface area contributed by atoms with Gasteiger partial charge in [0.05, 0.1) is 0 Å². The van der Waals surface area contributed by atoms with Gasteiger partial charge >= 0.3 is 0 Å². The molecule has 0 radical (unpaired) electrons. The number of rotatable bonds is 7. The van der Waals surface area contributed by atoms with Crippen LogP contribution in [0, 0.1) is 0 Å². The van der Waals surface area contributed by atoms with Crippen molar-refractivity contribution < 1.29 is 4.79 Å². The highest BCUT2D eigenvalue weighted by atomic mass is 16.1. The van der Waals surface area contributed by atoms with E-state index in [0.29, 0.717) is 31.9 Å². The fraction of sp³-hybridized carbons (Fsp3) is 0.267. The second-order valence-electron chi connectivity index (χ2n) is 4.89. The molecule has 2 N–H and O–H groups in total. The van der Waals surface area contributed by atoms with Gasteiger partial charge in [0.2, 0.25) is 11.9 Å². The molecule has 0 aliphatic rings. The lowest BCUT2D eigenvalue weighted by atomic mass is 10.3. The highest BCUT2D eigenvalue weighted by Gasteiger charge is 2.06. The van der Waals surface area contributed by atoms with E-state index in [4.69, 9.17) is 0 Å². The molecule has 0 aliphatic heterocycles. The van der Waals surface area contributed by atoms with E-state index in [2.05, 4.69) is 30.8 Å². The highest BCUT2D eigenvalue weighted by Crippen LogP contribution is 2.02. The molecule has 1 amide bonds. The number of fused-ring (bicyclic) bond motifs is 1. The topological polar surface area (TPSA) is 97.1 Å². The molecule has 23 heavy (non-hydrogen) atoms. The van der Waals surface area contributed by atoms with Crippen molar-refractivity contribution in [2.45, 2.75) is 12.8 Å². The Balaban J connectivity index is 1.39.